The van der Waals surface area contributed by atoms with Crippen LogP contribution in [0.2, 0.25) is 0 Å². The average molecular weight is 396 g/mol. The van der Waals surface area contributed by atoms with E-state index in [2.05, 4.69) is 6.07 Å². The van der Waals surface area contributed by atoms with Crippen molar-refractivity contribution in [2.45, 2.75) is 51.4 Å². The Morgan fingerprint density at radius 2 is 1.69 bits per heavy atom. The van der Waals surface area contributed by atoms with Crippen LogP contribution in [0.25, 0.3) is 0 Å². The molecule has 0 N–H and O–H groups in total. The molecule has 0 radical (unpaired) electrons. The second kappa shape index (κ2) is 7.47. The van der Waals surface area contributed by atoms with Crippen LogP contribution in [0.15, 0.2) is 18.2 Å². The number of carbonyl (C=O) groups is 3. The fourth-order valence-electron chi connectivity index (χ4n) is 5.16. The number of piperidine rings is 1. The highest BCUT2D eigenvalue weighted by Crippen LogP contribution is 2.37. The van der Waals surface area contributed by atoms with Gasteiger partial charge in [0.05, 0.1) is 5.92 Å². The molecule has 0 spiro atoms. The van der Waals surface area contributed by atoms with E-state index in [1.54, 1.807) is 4.90 Å². The summed E-state index contributed by atoms with van der Waals surface area (Å²) in [6.45, 7) is 2.86. The molecule has 29 heavy (non-hydrogen) atoms. The Bertz CT molecular complexity index is 842. The molecule has 1 atom stereocenters. The maximum atomic E-state index is 12.8. The first-order valence-corrected chi connectivity index (χ1v) is 11.2. The SMILES string of the molecule is O=C(C1CC(=O)N(c2ccc3c(c2)CCN3C(=O)C2CCC2)C1)N1CCCCC1. The number of carbonyl (C=O) groups excluding carboxylic acids is 3. The molecule has 0 bridgehead atoms. The number of hydrogen-bond acceptors (Lipinski definition) is 3. The summed E-state index contributed by atoms with van der Waals surface area (Å²) in [4.78, 5) is 43.8. The van der Waals surface area contributed by atoms with Gasteiger partial charge in [0.1, 0.15) is 0 Å². The van der Waals surface area contributed by atoms with Crippen molar-refractivity contribution >= 4 is 29.1 Å². The Kier molecular flexibility index (Phi) is 4.80. The summed E-state index contributed by atoms with van der Waals surface area (Å²) in [7, 11) is 0. The summed E-state index contributed by atoms with van der Waals surface area (Å²) < 4.78 is 0. The maximum Gasteiger partial charge on any atom is 0.230 e. The summed E-state index contributed by atoms with van der Waals surface area (Å²) in [5.41, 5.74) is 2.99. The predicted octanol–water partition coefficient (Wildman–Crippen LogP) is 2.74. The van der Waals surface area contributed by atoms with E-state index in [1.807, 2.05) is 21.9 Å². The average Bonchev–Trinajstić information content (AvgIpc) is 3.29. The fourth-order valence-corrected chi connectivity index (χ4v) is 5.16. The molecule has 3 amide bonds. The smallest absolute Gasteiger partial charge is 0.230 e. The summed E-state index contributed by atoms with van der Waals surface area (Å²) in [6, 6.07) is 5.98. The maximum absolute atomic E-state index is 12.8. The van der Waals surface area contributed by atoms with Gasteiger partial charge in [-0.2, -0.15) is 0 Å². The van der Waals surface area contributed by atoms with Crippen molar-refractivity contribution in [2.24, 2.45) is 11.8 Å². The summed E-state index contributed by atoms with van der Waals surface area (Å²) in [5.74, 6) is 0.389. The first-order valence-electron chi connectivity index (χ1n) is 11.2. The van der Waals surface area contributed by atoms with Gasteiger partial charge in [-0.25, -0.2) is 0 Å². The lowest BCUT2D eigenvalue weighted by atomic mass is 9.84. The van der Waals surface area contributed by atoms with Crippen LogP contribution in [-0.4, -0.2) is 48.8 Å². The topological polar surface area (TPSA) is 60.9 Å². The third-order valence-corrected chi connectivity index (χ3v) is 7.13. The lowest BCUT2D eigenvalue weighted by molar-refractivity contribution is -0.136. The van der Waals surface area contributed by atoms with Crippen molar-refractivity contribution in [1.29, 1.82) is 0 Å². The second-order valence-corrected chi connectivity index (χ2v) is 8.97. The van der Waals surface area contributed by atoms with Gasteiger partial charge >= 0.3 is 0 Å². The van der Waals surface area contributed by atoms with Crippen molar-refractivity contribution in [3.8, 4) is 0 Å². The van der Waals surface area contributed by atoms with Gasteiger partial charge in [-0.3, -0.25) is 14.4 Å². The van der Waals surface area contributed by atoms with Gasteiger partial charge in [-0.1, -0.05) is 6.42 Å². The Morgan fingerprint density at radius 1 is 0.897 bits per heavy atom. The first kappa shape index (κ1) is 18.6. The molecule has 1 aromatic carbocycles. The van der Waals surface area contributed by atoms with Crippen LogP contribution in [0.4, 0.5) is 11.4 Å². The molecule has 6 nitrogen and oxygen atoms in total. The highest BCUT2D eigenvalue weighted by atomic mass is 16.2. The lowest BCUT2D eigenvalue weighted by Gasteiger charge is -2.29. The quantitative estimate of drug-likeness (QED) is 0.791. The van der Waals surface area contributed by atoms with Gasteiger partial charge in [0.2, 0.25) is 17.7 Å². The molecule has 154 valence electrons. The Labute approximate surface area is 171 Å². The Morgan fingerprint density at radius 3 is 2.41 bits per heavy atom. The number of benzene rings is 1. The van der Waals surface area contributed by atoms with Crippen LogP contribution >= 0.6 is 0 Å². The molecule has 1 aliphatic carbocycles. The molecule has 0 aromatic heterocycles. The zero-order valence-electron chi connectivity index (χ0n) is 16.9. The van der Waals surface area contributed by atoms with Crippen molar-refractivity contribution in [3.63, 3.8) is 0 Å². The van der Waals surface area contributed by atoms with Gasteiger partial charge < -0.3 is 14.7 Å². The largest absolute Gasteiger partial charge is 0.342 e. The molecule has 6 heteroatoms. The minimum absolute atomic E-state index is 0.0284. The molecule has 5 rings (SSSR count). The van der Waals surface area contributed by atoms with E-state index < -0.39 is 0 Å². The molecule has 3 fully saturated rings. The van der Waals surface area contributed by atoms with Gasteiger partial charge in [0, 0.05) is 49.9 Å². The normalized spacial score (nSPS) is 24.6. The highest BCUT2D eigenvalue weighted by Gasteiger charge is 2.38. The van der Waals surface area contributed by atoms with Crippen LogP contribution < -0.4 is 9.80 Å². The van der Waals surface area contributed by atoms with Crippen LogP contribution in [0.3, 0.4) is 0 Å². The minimum atomic E-state index is -0.231. The van der Waals surface area contributed by atoms with E-state index in [-0.39, 0.29) is 29.6 Å². The lowest BCUT2D eigenvalue weighted by Crippen LogP contribution is -2.40. The molecular formula is C23H29N3O3. The van der Waals surface area contributed by atoms with E-state index in [0.29, 0.717) is 13.0 Å². The predicted molar refractivity (Wildman–Crippen MR) is 111 cm³/mol. The van der Waals surface area contributed by atoms with Crippen LogP contribution in [0.5, 0.6) is 0 Å². The van der Waals surface area contributed by atoms with E-state index >= 15 is 0 Å². The van der Waals surface area contributed by atoms with Crippen LogP contribution in [0.1, 0.15) is 50.5 Å². The zero-order chi connectivity index (χ0) is 20.0. The van der Waals surface area contributed by atoms with Crippen LogP contribution in [0, 0.1) is 11.8 Å². The number of anilines is 2. The first-order chi connectivity index (χ1) is 14.1. The van der Waals surface area contributed by atoms with Gasteiger partial charge in [-0.05, 0) is 62.3 Å². The van der Waals surface area contributed by atoms with E-state index in [4.69, 9.17) is 0 Å². The van der Waals surface area contributed by atoms with E-state index in [0.717, 1.165) is 75.1 Å². The van der Waals surface area contributed by atoms with Gasteiger partial charge in [0.15, 0.2) is 0 Å². The molecule has 4 aliphatic rings. The summed E-state index contributed by atoms with van der Waals surface area (Å²) in [5, 5.41) is 0. The Balaban J connectivity index is 1.29. The van der Waals surface area contributed by atoms with Crippen LogP contribution in [-0.2, 0) is 20.8 Å². The number of likely N-dealkylation sites (tertiary alicyclic amines) is 1. The Hall–Kier alpha value is -2.37. The zero-order valence-corrected chi connectivity index (χ0v) is 16.9. The second-order valence-electron chi connectivity index (χ2n) is 8.97. The molecule has 1 unspecified atom stereocenters. The number of hydrogen-bond donors (Lipinski definition) is 0. The third-order valence-electron chi connectivity index (χ3n) is 7.13. The summed E-state index contributed by atoms with van der Waals surface area (Å²) >= 11 is 0. The van der Waals surface area contributed by atoms with E-state index in [9.17, 15) is 14.4 Å². The monoisotopic (exact) mass is 395 g/mol. The molecular weight excluding hydrogens is 366 g/mol. The number of nitrogens with zero attached hydrogens (tertiary/aromatic N) is 3. The number of rotatable bonds is 3. The van der Waals surface area contributed by atoms with Crippen molar-refractivity contribution in [1.82, 2.24) is 4.90 Å². The number of amides is 3. The van der Waals surface area contributed by atoms with Crippen molar-refractivity contribution in [2.75, 3.05) is 36.0 Å². The summed E-state index contributed by atoms with van der Waals surface area (Å²) in [6.07, 6.45) is 7.64. The van der Waals surface area contributed by atoms with Gasteiger partial charge in [-0.15, -0.1) is 0 Å². The van der Waals surface area contributed by atoms with E-state index in [1.165, 1.54) is 6.42 Å². The molecule has 1 aromatic rings. The molecule has 1 saturated carbocycles. The molecule has 3 heterocycles. The molecule has 3 aliphatic heterocycles. The highest BCUT2D eigenvalue weighted by molar-refractivity contribution is 6.01. The standard InChI is InChI=1S/C23H29N3O3/c27-21-14-18(22(28)24-10-2-1-3-11-24)15-26(21)19-7-8-20-17(13-19)9-12-25(20)23(29)16-5-4-6-16/h7-8,13,16,18H,1-6,9-12,14-15H2. The number of fused-ring (bicyclic) bond motifs is 1. The van der Waals surface area contributed by atoms with Crippen molar-refractivity contribution < 1.29 is 14.4 Å². The fraction of sp³-hybridized carbons (Fsp3) is 0.609. The third kappa shape index (κ3) is 3.32. The molecule has 2 saturated heterocycles. The van der Waals surface area contributed by atoms with Crippen molar-refractivity contribution in [3.05, 3.63) is 23.8 Å². The van der Waals surface area contributed by atoms with Gasteiger partial charge in [0.25, 0.3) is 0 Å². The minimum Gasteiger partial charge on any atom is -0.342 e.